The minimum atomic E-state index is -4.73. The van der Waals surface area contributed by atoms with Crippen LogP contribution in [0.15, 0.2) is 48.1 Å². The zero-order valence-corrected chi connectivity index (χ0v) is 21.9. The molecule has 7 nitrogen and oxygen atoms in total. The van der Waals surface area contributed by atoms with E-state index in [9.17, 15) is 22.8 Å². The van der Waals surface area contributed by atoms with Crippen molar-refractivity contribution >= 4 is 34.0 Å². The molecule has 0 saturated carbocycles. The number of ether oxygens (including phenoxy) is 1. The van der Waals surface area contributed by atoms with Crippen molar-refractivity contribution in [3.8, 4) is 17.0 Å². The Morgan fingerprint density at radius 2 is 1.84 bits per heavy atom. The van der Waals surface area contributed by atoms with E-state index < -0.39 is 36.5 Å². The van der Waals surface area contributed by atoms with Crippen LogP contribution in [0.2, 0.25) is 0 Å². The van der Waals surface area contributed by atoms with Crippen molar-refractivity contribution in [3.63, 3.8) is 0 Å². The number of benzene rings is 1. The quantitative estimate of drug-likeness (QED) is 0.209. The Morgan fingerprint density at radius 3 is 2.53 bits per heavy atom. The summed E-state index contributed by atoms with van der Waals surface area (Å²) < 4.78 is 47.5. The molecule has 2 aromatic heterocycles. The van der Waals surface area contributed by atoms with Crippen LogP contribution in [0.1, 0.15) is 63.9 Å². The van der Waals surface area contributed by atoms with E-state index in [1.54, 1.807) is 29.9 Å². The van der Waals surface area contributed by atoms with Crippen LogP contribution >= 0.6 is 11.3 Å². The number of hydrogen-bond acceptors (Lipinski definition) is 6. The van der Waals surface area contributed by atoms with Crippen LogP contribution in [0.25, 0.3) is 11.3 Å². The predicted octanol–water partition coefficient (Wildman–Crippen LogP) is 7.49. The normalized spacial score (nSPS) is 11.4. The second kappa shape index (κ2) is 13.9. The molecule has 11 heteroatoms. The number of aliphatic carboxylic acids is 1. The Kier molecular flexibility index (Phi) is 10.6. The molecular weight excluding hydrogens is 519 g/mol. The van der Waals surface area contributed by atoms with Gasteiger partial charge in [-0.25, -0.2) is 4.98 Å². The Balaban J connectivity index is 1.89. The first kappa shape index (κ1) is 29.1. The fourth-order valence-corrected chi connectivity index (χ4v) is 4.64. The van der Waals surface area contributed by atoms with Gasteiger partial charge in [0, 0.05) is 29.8 Å². The van der Waals surface area contributed by atoms with Gasteiger partial charge in [0.2, 0.25) is 5.91 Å². The molecule has 1 amide bonds. The van der Waals surface area contributed by atoms with Crippen LogP contribution in [-0.4, -0.2) is 33.6 Å². The maximum absolute atomic E-state index is 14.0. The molecule has 0 unspecified atom stereocenters. The zero-order valence-electron chi connectivity index (χ0n) is 21.0. The highest BCUT2D eigenvalue weighted by molar-refractivity contribution is 7.14. The van der Waals surface area contributed by atoms with Crippen LogP contribution in [0.5, 0.6) is 5.75 Å². The summed E-state index contributed by atoms with van der Waals surface area (Å²) in [6.45, 7) is 2.26. The highest BCUT2D eigenvalue weighted by Gasteiger charge is 2.36. The SMILES string of the molecule is CCCCCCCCOc1ccc(N(C(=O)CCC(=O)O)c2nc(-c3cccnc3)cs2)cc1C(F)(F)F. The van der Waals surface area contributed by atoms with Crippen LogP contribution in [-0.2, 0) is 15.8 Å². The van der Waals surface area contributed by atoms with Crippen molar-refractivity contribution in [1.82, 2.24) is 9.97 Å². The first-order valence-corrected chi connectivity index (χ1v) is 13.3. The molecule has 0 aliphatic rings. The summed E-state index contributed by atoms with van der Waals surface area (Å²) in [7, 11) is 0. The number of carboxylic acids is 1. The minimum Gasteiger partial charge on any atom is -0.493 e. The van der Waals surface area contributed by atoms with Gasteiger partial charge in [0.05, 0.1) is 30.0 Å². The van der Waals surface area contributed by atoms with Gasteiger partial charge in [0.1, 0.15) is 5.75 Å². The molecule has 3 aromatic rings. The van der Waals surface area contributed by atoms with Crippen LogP contribution in [0, 0.1) is 0 Å². The first-order valence-electron chi connectivity index (χ1n) is 12.5. The number of rotatable bonds is 14. The molecule has 38 heavy (non-hydrogen) atoms. The lowest BCUT2D eigenvalue weighted by Gasteiger charge is -2.22. The molecule has 1 aromatic carbocycles. The van der Waals surface area contributed by atoms with E-state index in [0.717, 1.165) is 54.4 Å². The number of unbranched alkanes of at least 4 members (excludes halogenated alkanes) is 5. The van der Waals surface area contributed by atoms with Gasteiger partial charge in [0.25, 0.3) is 0 Å². The Hall–Kier alpha value is -3.47. The molecule has 0 aliphatic carbocycles. The first-order chi connectivity index (χ1) is 18.2. The van der Waals surface area contributed by atoms with Crippen LogP contribution < -0.4 is 9.64 Å². The van der Waals surface area contributed by atoms with Gasteiger partial charge in [-0.3, -0.25) is 19.5 Å². The van der Waals surface area contributed by atoms with Crippen molar-refractivity contribution in [3.05, 3.63) is 53.7 Å². The highest BCUT2D eigenvalue weighted by Crippen LogP contribution is 2.41. The smallest absolute Gasteiger partial charge is 0.420 e. The largest absolute Gasteiger partial charge is 0.493 e. The number of halogens is 3. The second-order valence-electron chi connectivity index (χ2n) is 8.67. The van der Waals surface area contributed by atoms with E-state index in [1.807, 2.05) is 0 Å². The molecule has 1 N–H and O–H groups in total. The Labute approximate surface area is 223 Å². The lowest BCUT2D eigenvalue weighted by Crippen LogP contribution is -2.26. The van der Waals surface area contributed by atoms with Gasteiger partial charge in [-0.1, -0.05) is 39.0 Å². The number of hydrogen-bond donors (Lipinski definition) is 1. The highest BCUT2D eigenvalue weighted by atomic mass is 32.1. The van der Waals surface area contributed by atoms with E-state index in [-0.39, 0.29) is 23.2 Å². The van der Waals surface area contributed by atoms with Gasteiger partial charge in [0.15, 0.2) is 5.13 Å². The minimum absolute atomic E-state index is 0.0771. The summed E-state index contributed by atoms with van der Waals surface area (Å²) in [4.78, 5) is 33.6. The lowest BCUT2D eigenvalue weighted by molar-refractivity contribution is -0.139. The molecule has 0 spiro atoms. The van der Waals surface area contributed by atoms with Gasteiger partial charge in [-0.15, -0.1) is 11.3 Å². The van der Waals surface area contributed by atoms with Crippen molar-refractivity contribution in [2.24, 2.45) is 0 Å². The molecule has 204 valence electrons. The average molecular weight is 550 g/mol. The zero-order chi connectivity index (χ0) is 27.5. The number of amides is 1. The molecule has 0 atom stereocenters. The number of carbonyl (C=O) groups excluding carboxylic acids is 1. The molecule has 0 bridgehead atoms. The molecule has 2 heterocycles. The van der Waals surface area contributed by atoms with Crippen molar-refractivity contribution in [1.29, 1.82) is 0 Å². The predicted molar refractivity (Wildman–Crippen MR) is 140 cm³/mol. The van der Waals surface area contributed by atoms with E-state index in [0.29, 0.717) is 17.7 Å². The fourth-order valence-electron chi connectivity index (χ4n) is 3.77. The van der Waals surface area contributed by atoms with Gasteiger partial charge >= 0.3 is 12.1 Å². The second-order valence-corrected chi connectivity index (χ2v) is 9.51. The maximum Gasteiger partial charge on any atom is 0.420 e. The molecular formula is C27H30F3N3O4S. The van der Waals surface area contributed by atoms with E-state index >= 15 is 0 Å². The lowest BCUT2D eigenvalue weighted by atomic mass is 10.1. The van der Waals surface area contributed by atoms with E-state index in [2.05, 4.69) is 16.9 Å². The molecule has 0 fully saturated rings. The third-order valence-electron chi connectivity index (χ3n) is 5.72. The monoisotopic (exact) mass is 549 g/mol. The standard InChI is InChI=1S/C27H30F3N3O4S/c1-2-3-4-5-6-7-15-37-23-11-10-20(16-21(23)27(28,29)30)33(24(34)12-13-25(35)36)26-32-22(18-38-26)19-9-8-14-31-17-19/h8-11,14,16-18H,2-7,12-13,15H2,1H3,(H,35,36). The average Bonchev–Trinajstić information content (AvgIpc) is 3.37. The number of nitrogens with zero attached hydrogens (tertiary/aromatic N) is 3. The number of anilines is 2. The Morgan fingerprint density at radius 1 is 1.08 bits per heavy atom. The number of aromatic nitrogens is 2. The number of carbonyl (C=O) groups is 2. The Bertz CT molecular complexity index is 1200. The molecule has 0 radical (unpaired) electrons. The van der Waals surface area contributed by atoms with Crippen LogP contribution in [0.4, 0.5) is 24.0 Å². The van der Waals surface area contributed by atoms with Gasteiger partial charge in [-0.2, -0.15) is 13.2 Å². The number of pyridine rings is 1. The summed E-state index contributed by atoms with van der Waals surface area (Å²) in [5.41, 5.74) is 0.0687. The summed E-state index contributed by atoms with van der Waals surface area (Å²) in [6.07, 6.45) is 3.40. The summed E-state index contributed by atoms with van der Waals surface area (Å²) in [5.74, 6) is -2.20. The molecule has 3 rings (SSSR count). The summed E-state index contributed by atoms with van der Waals surface area (Å²) in [6, 6.07) is 6.88. The van der Waals surface area contributed by atoms with Crippen molar-refractivity contribution in [2.75, 3.05) is 11.5 Å². The van der Waals surface area contributed by atoms with E-state index in [4.69, 9.17) is 9.84 Å². The maximum atomic E-state index is 14.0. The number of carboxylic acid groups (broad SMARTS) is 1. The van der Waals surface area contributed by atoms with Gasteiger partial charge in [-0.05, 0) is 36.8 Å². The van der Waals surface area contributed by atoms with E-state index in [1.165, 1.54) is 12.1 Å². The topological polar surface area (TPSA) is 92.6 Å². The number of thiazole rings is 1. The van der Waals surface area contributed by atoms with Gasteiger partial charge < -0.3 is 9.84 Å². The van der Waals surface area contributed by atoms with Crippen molar-refractivity contribution in [2.45, 2.75) is 64.5 Å². The van der Waals surface area contributed by atoms with Crippen molar-refractivity contribution < 1.29 is 32.6 Å². The molecule has 0 saturated heterocycles. The third kappa shape index (κ3) is 8.27. The summed E-state index contributed by atoms with van der Waals surface area (Å²) in [5, 5.41) is 10.8. The molecule has 0 aliphatic heterocycles. The fraction of sp³-hybridized carbons (Fsp3) is 0.407. The summed E-state index contributed by atoms with van der Waals surface area (Å²) >= 11 is 1.06. The van der Waals surface area contributed by atoms with Crippen LogP contribution in [0.3, 0.4) is 0 Å². The number of alkyl halides is 3. The third-order valence-corrected chi connectivity index (χ3v) is 6.55.